The van der Waals surface area contributed by atoms with Crippen LogP contribution in [-0.2, 0) is 13.8 Å². The van der Waals surface area contributed by atoms with Gasteiger partial charge in [-0.2, -0.15) is 0 Å². The Bertz CT molecular complexity index is 584. The van der Waals surface area contributed by atoms with Gasteiger partial charge in [-0.1, -0.05) is 6.42 Å². The van der Waals surface area contributed by atoms with Crippen LogP contribution >= 0.6 is 26.6 Å². The maximum Gasteiger partial charge on any atom is 0.262 e. The first-order valence-electron chi connectivity index (χ1n) is 5.43. The number of hydrogen-bond acceptors (Lipinski definition) is 3. The predicted octanol–water partition coefficient (Wildman–Crippen LogP) is 3.12. The first kappa shape index (κ1) is 13.8. The highest BCUT2D eigenvalue weighted by molar-refractivity contribution is 9.10. The molecule has 0 unspecified atom stereocenters. The maximum atomic E-state index is 11.7. The van der Waals surface area contributed by atoms with Crippen LogP contribution in [0.4, 0.5) is 5.69 Å². The van der Waals surface area contributed by atoms with Gasteiger partial charge in [-0.25, -0.2) is 8.42 Å². The van der Waals surface area contributed by atoms with Gasteiger partial charge in [-0.3, -0.25) is 4.79 Å². The van der Waals surface area contributed by atoms with Gasteiger partial charge in [-0.15, -0.1) is 0 Å². The van der Waals surface area contributed by atoms with Gasteiger partial charge in [0, 0.05) is 26.8 Å². The molecule has 1 aromatic carbocycles. The van der Waals surface area contributed by atoms with E-state index in [-0.39, 0.29) is 16.7 Å². The van der Waals surface area contributed by atoms with Crippen LogP contribution in [0.25, 0.3) is 0 Å². The van der Waals surface area contributed by atoms with E-state index >= 15 is 0 Å². The molecule has 1 aliphatic rings. The number of rotatable bonds is 3. The van der Waals surface area contributed by atoms with E-state index in [0.717, 1.165) is 19.3 Å². The Hall–Kier alpha value is -0.590. The Kier molecular flexibility index (Phi) is 3.99. The van der Waals surface area contributed by atoms with E-state index in [2.05, 4.69) is 21.2 Å². The summed E-state index contributed by atoms with van der Waals surface area (Å²) in [6.07, 6.45) is 2.92. The molecular weight excluding hydrogens is 342 g/mol. The van der Waals surface area contributed by atoms with Crippen molar-refractivity contribution in [2.45, 2.75) is 24.2 Å². The highest BCUT2D eigenvalue weighted by Gasteiger charge is 2.25. The molecule has 0 heterocycles. The van der Waals surface area contributed by atoms with Gasteiger partial charge in [0.25, 0.3) is 9.05 Å². The van der Waals surface area contributed by atoms with Gasteiger partial charge in [0.15, 0.2) is 0 Å². The second-order valence-electron chi connectivity index (χ2n) is 4.20. The molecule has 1 fully saturated rings. The highest BCUT2D eigenvalue weighted by Crippen LogP contribution is 2.30. The third-order valence-electron chi connectivity index (χ3n) is 2.94. The average Bonchev–Trinajstić information content (AvgIpc) is 2.11. The van der Waals surface area contributed by atoms with Crippen LogP contribution in [0.3, 0.4) is 0 Å². The van der Waals surface area contributed by atoms with Gasteiger partial charge in [0.2, 0.25) is 5.91 Å². The molecule has 18 heavy (non-hydrogen) atoms. The highest BCUT2D eigenvalue weighted by atomic mass is 79.9. The number of nitrogens with one attached hydrogen (secondary N) is 1. The molecule has 7 heteroatoms. The van der Waals surface area contributed by atoms with Gasteiger partial charge in [0.05, 0.1) is 4.90 Å². The lowest BCUT2D eigenvalue weighted by Gasteiger charge is -2.24. The summed E-state index contributed by atoms with van der Waals surface area (Å²) in [6.45, 7) is 0. The van der Waals surface area contributed by atoms with Crippen molar-refractivity contribution >= 4 is 47.3 Å². The zero-order valence-electron chi connectivity index (χ0n) is 9.32. The van der Waals surface area contributed by atoms with Crippen LogP contribution in [0.2, 0.25) is 0 Å². The largest absolute Gasteiger partial charge is 0.326 e. The fourth-order valence-electron chi connectivity index (χ4n) is 1.69. The number of carbonyl (C=O) groups excluding carboxylic acids is 1. The SMILES string of the molecule is O=C(Nc1ccc(S(=O)(=O)Cl)c(Br)c1)C1CCC1. The molecule has 1 N–H and O–H groups in total. The molecule has 2 rings (SSSR count). The molecule has 1 saturated carbocycles. The predicted molar refractivity (Wildman–Crippen MR) is 73.2 cm³/mol. The Morgan fingerprint density at radius 2 is 2.06 bits per heavy atom. The van der Waals surface area contributed by atoms with Crippen molar-refractivity contribution in [3.05, 3.63) is 22.7 Å². The summed E-state index contributed by atoms with van der Waals surface area (Å²) in [7, 11) is 1.48. The Morgan fingerprint density at radius 3 is 2.50 bits per heavy atom. The van der Waals surface area contributed by atoms with E-state index in [0.29, 0.717) is 10.2 Å². The second kappa shape index (κ2) is 5.19. The van der Waals surface area contributed by atoms with Crippen molar-refractivity contribution in [2.24, 2.45) is 5.92 Å². The molecule has 0 spiro atoms. The molecule has 0 atom stereocenters. The third-order valence-corrected chi connectivity index (χ3v) is 5.24. The smallest absolute Gasteiger partial charge is 0.262 e. The van der Waals surface area contributed by atoms with Crippen LogP contribution < -0.4 is 5.32 Å². The van der Waals surface area contributed by atoms with Gasteiger partial charge in [-0.05, 0) is 47.0 Å². The quantitative estimate of drug-likeness (QED) is 0.850. The van der Waals surface area contributed by atoms with Crippen LogP contribution in [-0.4, -0.2) is 14.3 Å². The normalized spacial score (nSPS) is 16.1. The van der Waals surface area contributed by atoms with Gasteiger partial charge < -0.3 is 5.32 Å². The lowest BCUT2D eigenvalue weighted by atomic mass is 9.85. The number of carbonyl (C=O) groups is 1. The van der Waals surface area contributed by atoms with Crippen LogP contribution in [0.1, 0.15) is 19.3 Å². The van der Waals surface area contributed by atoms with Crippen molar-refractivity contribution in [1.82, 2.24) is 0 Å². The molecule has 98 valence electrons. The lowest BCUT2D eigenvalue weighted by Crippen LogP contribution is -2.28. The summed E-state index contributed by atoms with van der Waals surface area (Å²) in [5, 5.41) is 2.76. The molecule has 0 radical (unpaired) electrons. The van der Waals surface area contributed by atoms with Crippen molar-refractivity contribution in [2.75, 3.05) is 5.32 Å². The number of amides is 1. The molecule has 0 saturated heterocycles. The molecule has 0 aromatic heterocycles. The number of anilines is 1. The molecule has 0 aliphatic heterocycles. The van der Waals surface area contributed by atoms with Crippen molar-refractivity contribution in [3.63, 3.8) is 0 Å². The van der Waals surface area contributed by atoms with E-state index in [1.807, 2.05) is 0 Å². The topological polar surface area (TPSA) is 63.2 Å². The van der Waals surface area contributed by atoms with Crippen LogP contribution in [0.5, 0.6) is 0 Å². The standard InChI is InChI=1S/C11H11BrClNO3S/c12-9-6-8(4-5-10(9)18(13,16)17)14-11(15)7-2-1-3-7/h4-7H,1-3H2,(H,14,15). The summed E-state index contributed by atoms with van der Waals surface area (Å²) in [6, 6.07) is 4.42. The molecule has 1 amide bonds. The maximum absolute atomic E-state index is 11.7. The summed E-state index contributed by atoms with van der Waals surface area (Å²) in [4.78, 5) is 11.7. The second-order valence-corrected chi connectivity index (χ2v) is 7.59. The Labute approximate surface area is 118 Å². The Balaban J connectivity index is 2.16. The zero-order chi connectivity index (χ0) is 13.3. The molecule has 1 aliphatic carbocycles. The number of benzene rings is 1. The fourth-order valence-corrected chi connectivity index (χ4v) is 3.91. The van der Waals surface area contributed by atoms with Crippen LogP contribution in [0.15, 0.2) is 27.6 Å². The van der Waals surface area contributed by atoms with Crippen molar-refractivity contribution < 1.29 is 13.2 Å². The number of hydrogen-bond donors (Lipinski definition) is 1. The first-order valence-corrected chi connectivity index (χ1v) is 8.53. The van der Waals surface area contributed by atoms with E-state index in [4.69, 9.17) is 10.7 Å². The zero-order valence-corrected chi connectivity index (χ0v) is 12.5. The summed E-state index contributed by atoms with van der Waals surface area (Å²) in [5.74, 6) is 0.0647. The van der Waals surface area contributed by atoms with E-state index in [1.54, 1.807) is 0 Å². The summed E-state index contributed by atoms with van der Waals surface area (Å²) >= 11 is 3.13. The van der Waals surface area contributed by atoms with E-state index < -0.39 is 9.05 Å². The van der Waals surface area contributed by atoms with Gasteiger partial charge in [0.1, 0.15) is 0 Å². The average molecular weight is 353 g/mol. The third kappa shape index (κ3) is 3.05. The minimum atomic E-state index is -3.78. The van der Waals surface area contributed by atoms with E-state index in [9.17, 15) is 13.2 Å². The van der Waals surface area contributed by atoms with Crippen LogP contribution in [0, 0.1) is 5.92 Å². The van der Waals surface area contributed by atoms with E-state index in [1.165, 1.54) is 18.2 Å². The van der Waals surface area contributed by atoms with Crippen molar-refractivity contribution in [3.8, 4) is 0 Å². The summed E-state index contributed by atoms with van der Waals surface area (Å²) in [5.41, 5.74) is 0.558. The Morgan fingerprint density at radius 1 is 1.39 bits per heavy atom. The fraction of sp³-hybridized carbons (Fsp3) is 0.364. The van der Waals surface area contributed by atoms with Gasteiger partial charge >= 0.3 is 0 Å². The number of halogens is 2. The van der Waals surface area contributed by atoms with Crippen molar-refractivity contribution in [1.29, 1.82) is 0 Å². The first-order chi connectivity index (χ1) is 8.38. The lowest BCUT2D eigenvalue weighted by molar-refractivity contribution is -0.122. The molecular formula is C11H11BrClNO3S. The summed E-state index contributed by atoms with van der Waals surface area (Å²) < 4.78 is 22.7. The molecule has 1 aromatic rings. The monoisotopic (exact) mass is 351 g/mol. The molecule has 4 nitrogen and oxygen atoms in total. The molecule has 0 bridgehead atoms. The minimum absolute atomic E-state index is 0.00851. The minimum Gasteiger partial charge on any atom is -0.326 e.